The zero-order chi connectivity index (χ0) is 14.0. The molecule has 2 rings (SSSR count). The molecule has 4 nitrogen and oxygen atoms in total. The first-order valence-corrected chi connectivity index (χ1v) is 6.44. The van der Waals surface area contributed by atoms with Gasteiger partial charge in [-0.15, -0.1) is 0 Å². The summed E-state index contributed by atoms with van der Waals surface area (Å²) < 4.78 is 43.0. The molecule has 1 aromatic carbocycles. The summed E-state index contributed by atoms with van der Waals surface area (Å²) >= 11 is 0. The van der Waals surface area contributed by atoms with Gasteiger partial charge in [0.15, 0.2) is 0 Å². The van der Waals surface area contributed by atoms with E-state index < -0.39 is 28.4 Å². The van der Waals surface area contributed by atoms with Gasteiger partial charge in [0.2, 0.25) is 0 Å². The molecule has 1 atom stereocenters. The van der Waals surface area contributed by atoms with E-state index in [-0.39, 0.29) is 22.0 Å². The highest BCUT2D eigenvalue weighted by atomic mass is 32.2. The monoisotopic (exact) mass is 286 g/mol. The number of benzene rings is 1. The molecule has 7 heteroatoms. The van der Waals surface area contributed by atoms with E-state index in [0.29, 0.717) is 6.07 Å². The molecule has 0 amide bonds. The van der Waals surface area contributed by atoms with Gasteiger partial charge in [0.1, 0.15) is 23.0 Å². The Hall–Kier alpha value is -2.02. The van der Waals surface area contributed by atoms with Gasteiger partial charge in [0.05, 0.1) is 27.7 Å². The second-order valence-corrected chi connectivity index (χ2v) is 5.05. The zero-order valence-corrected chi connectivity index (χ0v) is 10.2. The van der Waals surface area contributed by atoms with Gasteiger partial charge >= 0.3 is 5.97 Å². The number of hydrogen-bond acceptors (Lipinski definition) is 3. The minimum absolute atomic E-state index is 0.0189. The molecular formula is C12H8F2O4S. The maximum atomic E-state index is 13.4. The van der Waals surface area contributed by atoms with Crippen LogP contribution in [0.3, 0.4) is 0 Å². The SMILES string of the molecule is O=C(O)c1ccoc1CS(=O)c1ccc(F)cc1F. The average molecular weight is 286 g/mol. The van der Waals surface area contributed by atoms with E-state index in [9.17, 15) is 17.8 Å². The highest BCUT2D eigenvalue weighted by Crippen LogP contribution is 2.19. The van der Waals surface area contributed by atoms with Crippen molar-refractivity contribution >= 4 is 16.8 Å². The topological polar surface area (TPSA) is 67.5 Å². The quantitative estimate of drug-likeness (QED) is 0.938. The molecule has 0 aliphatic rings. The molecule has 0 saturated heterocycles. The van der Waals surface area contributed by atoms with E-state index in [1.165, 1.54) is 6.07 Å². The van der Waals surface area contributed by atoms with Crippen molar-refractivity contribution in [2.24, 2.45) is 0 Å². The van der Waals surface area contributed by atoms with E-state index in [1.807, 2.05) is 0 Å². The molecule has 1 heterocycles. The normalized spacial score (nSPS) is 12.3. The van der Waals surface area contributed by atoms with Gasteiger partial charge in [-0.2, -0.15) is 0 Å². The fourth-order valence-corrected chi connectivity index (χ4v) is 2.61. The van der Waals surface area contributed by atoms with Gasteiger partial charge < -0.3 is 9.52 Å². The first-order chi connectivity index (χ1) is 8.99. The van der Waals surface area contributed by atoms with Crippen molar-refractivity contribution < 1.29 is 27.3 Å². The van der Waals surface area contributed by atoms with Crippen LogP contribution in [0.4, 0.5) is 8.78 Å². The summed E-state index contributed by atoms with van der Waals surface area (Å²) in [7, 11) is -1.86. The minimum atomic E-state index is -1.86. The molecular weight excluding hydrogens is 278 g/mol. The molecule has 2 aromatic rings. The van der Waals surface area contributed by atoms with Crippen LogP contribution in [0.1, 0.15) is 16.1 Å². The third-order valence-electron chi connectivity index (χ3n) is 2.38. The number of carboxylic acids is 1. The Morgan fingerprint density at radius 1 is 1.32 bits per heavy atom. The molecule has 0 bridgehead atoms. The molecule has 19 heavy (non-hydrogen) atoms. The van der Waals surface area contributed by atoms with Crippen molar-refractivity contribution in [3.8, 4) is 0 Å². The Morgan fingerprint density at radius 3 is 2.68 bits per heavy atom. The molecule has 1 N–H and O–H groups in total. The van der Waals surface area contributed by atoms with Crippen LogP contribution in [0.25, 0.3) is 0 Å². The molecule has 0 aliphatic heterocycles. The Balaban J connectivity index is 2.26. The number of rotatable bonds is 4. The molecule has 1 unspecified atom stereocenters. The predicted molar refractivity (Wildman–Crippen MR) is 62.1 cm³/mol. The Kier molecular flexibility index (Phi) is 3.75. The summed E-state index contributed by atoms with van der Waals surface area (Å²) in [5.74, 6) is -3.25. The smallest absolute Gasteiger partial charge is 0.339 e. The van der Waals surface area contributed by atoms with Crippen molar-refractivity contribution in [3.05, 3.63) is 53.5 Å². The van der Waals surface area contributed by atoms with Gasteiger partial charge in [-0.3, -0.25) is 4.21 Å². The third-order valence-corrected chi connectivity index (χ3v) is 3.72. The van der Waals surface area contributed by atoms with Gasteiger partial charge in [0, 0.05) is 6.07 Å². The fourth-order valence-electron chi connectivity index (χ4n) is 1.50. The lowest BCUT2D eigenvalue weighted by Gasteiger charge is -2.03. The minimum Gasteiger partial charge on any atom is -0.478 e. The molecule has 0 radical (unpaired) electrons. The average Bonchev–Trinajstić information content (AvgIpc) is 2.76. The van der Waals surface area contributed by atoms with Crippen LogP contribution in [0.15, 0.2) is 39.8 Å². The van der Waals surface area contributed by atoms with Gasteiger partial charge in [-0.25, -0.2) is 13.6 Å². The van der Waals surface area contributed by atoms with Crippen molar-refractivity contribution in [1.29, 1.82) is 0 Å². The summed E-state index contributed by atoms with van der Waals surface area (Å²) in [6, 6.07) is 3.88. The van der Waals surface area contributed by atoms with Crippen molar-refractivity contribution in [1.82, 2.24) is 0 Å². The lowest BCUT2D eigenvalue weighted by Crippen LogP contribution is -2.04. The second kappa shape index (κ2) is 5.31. The Labute approximate surface area is 109 Å². The summed E-state index contributed by atoms with van der Waals surface area (Å²) in [5.41, 5.74) is -0.129. The Morgan fingerprint density at radius 2 is 2.05 bits per heavy atom. The molecule has 0 fully saturated rings. The van der Waals surface area contributed by atoms with Crippen LogP contribution in [0.2, 0.25) is 0 Å². The molecule has 0 spiro atoms. The lowest BCUT2D eigenvalue weighted by atomic mass is 10.3. The summed E-state index contributed by atoms with van der Waals surface area (Å²) in [4.78, 5) is 10.6. The van der Waals surface area contributed by atoms with Crippen LogP contribution >= 0.6 is 0 Å². The van der Waals surface area contributed by atoms with Gasteiger partial charge in [-0.1, -0.05) is 0 Å². The number of halogens is 2. The van der Waals surface area contributed by atoms with E-state index in [2.05, 4.69) is 0 Å². The number of furan rings is 1. The highest BCUT2D eigenvalue weighted by molar-refractivity contribution is 7.84. The largest absolute Gasteiger partial charge is 0.478 e. The maximum Gasteiger partial charge on any atom is 0.339 e. The van der Waals surface area contributed by atoms with Crippen molar-refractivity contribution in [3.63, 3.8) is 0 Å². The van der Waals surface area contributed by atoms with E-state index >= 15 is 0 Å². The maximum absolute atomic E-state index is 13.4. The van der Waals surface area contributed by atoms with E-state index in [4.69, 9.17) is 9.52 Å². The first kappa shape index (κ1) is 13.4. The Bertz CT molecular complexity index is 651. The number of carboxylic acid groups (broad SMARTS) is 1. The number of aromatic carboxylic acids is 1. The van der Waals surface area contributed by atoms with Crippen LogP contribution in [-0.2, 0) is 16.6 Å². The lowest BCUT2D eigenvalue weighted by molar-refractivity contribution is 0.0695. The molecule has 0 aliphatic carbocycles. The second-order valence-electron chi connectivity index (χ2n) is 3.63. The highest BCUT2D eigenvalue weighted by Gasteiger charge is 2.18. The molecule has 1 aromatic heterocycles. The fraction of sp³-hybridized carbons (Fsp3) is 0.0833. The van der Waals surface area contributed by atoms with Crippen molar-refractivity contribution in [2.75, 3.05) is 0 Å². The van der Waals surface area contributed by atoms with Crippen molar-refractivity contribution in [2.45, 2.75) is 10.6 Å². The van der Waals surface area contributed by atoms with Gasteiger partial charge in [0.25, 0.3) is 0 Å². The predicted octanol–water partition coefficient (Wildman–Crippen LogP) is 2.56. The van der Waals surface area contributed by atoms with Crippen LogP contribution in [-0.4, -0.2) is 15.3 Å². The molecule has 0 saturated carbocycles. The van der Waals surface area contributed by atoms with Crippen LogP contribution < -0.4 is 0 Å². The first-order valence-electron chi connectivity index (χ1n) is 5.12. The summed E-state index contributed by atoms with van der Waals surface area (Å²) in [5, 5.41) is 8.85. The number of carbonyl (C=O) groups is 1. The summed E-state index contributed by atoms with van der Waals surface area (Å²) in [6.45, 7) is 0. The standard InChI is InChI=1S/C12H8F2O4S/c13-7-1-2-11(9(14)5-7)19(17)6-10-8(12(15)16)3-4-18-10/h1-5H,6H2,(H,15,16). The van der Waals surface area contributed by atoms with Crippen LogP contribution in [0, 0.1) is 11.6 Å². The summed E-state index contributed by atoms with van der Waals surface area (Å²) in [6.07, 6.45) is 1.15. The van der Waals surface area contributed by atoms with E-state index in [1.54, 1.807) is 0 Å². The van der Waals surface area contributed by atoms with Crippen LogP contribution in [0.5, 0.6) is 0 Å². The van der Waals surface area contributed by atoms with Gasteiger partial charge in [-0.05, 0) is 18.2 Å². The third kappa shape index (κ3) is 2.87. The van der Waals surface area contributed by atoms with E-state index in [0.717, 1.165) is 18.4 Å². The number of hydrogen-bond donors (Lipinski definition) is 1. The molecule has 100 valence electrons. The zero-order valence-electron chi connectivity index (χ0n) is 9.43.